The number of hydrogen-bond acceptors (Lipinski definition) is 3. The summed E-state index contributed by atoms with van der Waals surface area (Å²) < 4.78 is 11.2. The fourth-order valence-corrected chi connectivity index (χ4v) is 3.28. The minimum atomic E-state index is 0.118. The molecule has 2 aliphatic rings. The lowest BCUT2D eigenvalue weighted by atomic mass is 9.89. The van der Waals surface area contributed by atoms with E-state index in [2.05, 4.69) is 0 Å². The third-order valence-corrected chi connectivity index (χ3v) is 4.30. The van der Waals surface area contributed by atoms with Crippen molar-refractivity contribution in [1.82, 2.24) is 0 Å². The van der Waals surface area contributed by atoms with Gasteiger partial charge in [0.1, 0.15) is 5.75 Å². The summed E-state index contributed by atoms with van der Waals surface area (Å²) >= 11 is 6.18. The zero-order chi connectivity index (χ0) is 13.2. The fraction of sp³-hybridized carbons (Fsp3) is 0.600. The van der Waals surface area contributed by atoms with Gasteiger partial charge in [-0.15, -0.1) is 0 Å². The molecule has 0 bridgehead atoms. The molecule has 0 aliphatic carbocycles. The van der Waals surface area contributed by atoms with Crippen molar-refractivity contribution in [3.63, 3.8) is 0 Å². The van der Waals surface area contributed by atoms with Crippen molar-refractivity contribution in [2.75, 3.05) is 19.8 Å². The maximum Gasteiger partial charge on any atom is 0.125 e. The van der Waals surface area contributed by atoms with Gasteiger partial charge in [-0.25, -0.2) is 0 Å². The van der Waals surface area contributed by atoms with E-state index in [9.17, 15) is 0 Å². The predicted molar refractivity (Wildman–Crippen MR) is 75.9 cm³/mol. The molecule has 0 aromatic heterocycles. The van der Waals surface area contributed by atoms with E-state index < -0.39 is 0 Å². The number of halogens is 1. The highest BCUT2D eigenvalue weighted by molar-refractivity contribution is 6.30. The Morgan fingerprint density at radius 3 is 3.05 bits per heavy atom. The fourth-order valence-electron chi connectivity index (χ4n) is 3.02. The SMILES string of the molecule is NC(Cc1cc(Cl)cc2c1OCC2)C1CCCOC1. The van der Waals surface area contributed by atoms with Crippen molar-refractivity contribution < 1.29 is 9.47 Å². The van der Waals surface area contributed by atoms with Crippen LogP contribution in [-0.4, -0.2) is 25.9 Å². The van der Waals surface area contributed by atoms with E-state index in [-0.39, 0.29) is 6.04 Å². The van der Waals surface area contributed by atoms with E-state index >= 15 is 0 Å². The number of nitrogens with two attached hydrogens (primary N) is 1. The highest BCUT2D eigenvalue weighted by Crippen LogP contribution is 2.34. The normalized spacial score (nSPS) is 23.8. The Bertz CT molecular complexity index is 458. The molecular weight excluding hydrogens is 262 g/mol. The molecule has 1 fully saturated rings. The van der Waals surface area contributed by atoms with Crippen molar-refractivity contribution in [1.29, 1.82) is 0 Å². The smallest absolute Gasteiger partial charge is 0.125 e. The molecule has 1 aromatic carbocycles. The summed E-state index contributed by atoms with van der Waals surface area (Å²) in [6.45, 7) is 2.41. The summed E-state index contributed by atoms with van der Waals surface area (Å²) in [4.78, 5) is 0. The maximum absolute atomic E-state index is 6.35. The van der Waals surface area contributed by atoms with Gasteiger partial charge in [0.05, 0.1) is 13.2 Å². The Morgan fingerprint density at radius 1 is 1.37 bits per heavy atom. The van der Waals surface area contributed by atoms with Gasteiger partial charge in [0.15, 0.2) is 0 Å². The number of benzene rings is 1. The van der Waals surface area contributed by atoms with E-state index in [0.29, 0.717) is 5.92 Å². The summed E-state index contributed by atoms with van der Waals surface area (Å²) in [6.07, 6.45) is 4.04. The minimum absolute atomic E-state index is 0.118. The van der Waals surface area contributed by atoms with Gasteiger partial charge in [0.2, 0.25) is 0 Å². The lowest BCUT2D eigenvalue weighted by Gasteiger charge is -2.28. The molecule has 1 aromatic rings. The Balaban J connectivity index is 1.75. The topological polar surface area (TPSA) is 44.5 Å². The highest BCUT2D eigenvalue weighted by Gasteiger charge is 2.24. The second-order valence-electron chi connectivity index (χ2n) is 5.50. The summed E-state index contributed by atoms with van der Waals surface area (Å²) in [7, 11) is 0. The number of fused-ring (bicyclic) bond motifs is 1. The van der Waals surface area contributed by atoms with E-state index in [1.165, 1.54) is 5.56 Å². The van der Waals surface area contributed by atoms with E-state index in [1.807, 2.05) is 12.1 Å². The van der Waals surface area contributed by atoms with Gasteiger partial charge in [0, 0.05) is 24.1 Å². The van der Waals surface area contributed by atoms with Crippen LogP contribution in [0.2, 0.25) is 5.02 Å². The van der Waals surface area contributed by atoms with Gasteiger partial charge in [-0.05, 0) is 48.4 Å². The van der Waals surface area contributed by atoms with E-state index in [0.717, 1.165) is 61.8 Å². The van der Waals surface area contributed by atoms with E-state index in [4.69, 9.17) is 26.8 Å². The summed E-state index contributed by atoms with van der Waals surface area (Å²) in [5, 5.41) is 0.784. The molecule has 19 heavy (non-hydrogen) atoms. The van der Waals surface area contributed by atoms with Crippen molar-refractivity contribution in [3.05, 3.63) is 28.3 Å². The predicted octanol–water partition coefficient (Wildman–Crippen LogP) is 2.57. The van der Waals surface area contributed by atoms with E-state index in [1.54, 1.807) is 0 Å². The largest absolute Gasteiger partial charge is 0.493 e. The van der Waals surface area contributed by atoms with Gasteiger partial charge in [-0.2, -0.15) is 0 Å². The average molecular weight is 282 g/mol. The molecule has 2 heterocycles. The van der Waals surface area contributed by atoms with Crippen molar-refractivity contribution in [3.8, 4) is 5.75 Å². The second kappa shape index (κ2) is 5.70. The number of rotatable bonds is 3. The first-order valence-corrected chi connectivity index (χ1v) is 7.39. The zero-order valence-corrected chi connectivity index (χ0v) is 11.8. The molecule has 2 unspecified atom stereocenters. The summed E-state index contributed by atoms with van der Waals surface area (Å²) in [5.74, 6) is 1.46. The monoisotopic (exact) mass is 281 g/mol. The van der Waals surface area contributed by atoms with Crippen molar-refractivity contribution in [2.24, 2.45) is 11.7 Å². The van der Waals surface area contributed by atoms with Crippen LogP contribution in [0.1, 0.15) is 24.0 Å². The Labute approximate surface area is 119 Å². The standard InChI is InChI=1S/C15H20ClNO2/c16-13-6-10-3-5-19-15(10)12(7-13)8-14(17)11-2-1-4-18-9-11/h6-7,11,14H,1-5,8-9,17H2. The van der Waals surface area contributed by atoms with Crippen LogP contribution in [0.25, 0.3) is 0 Å². The Kier molecular flexibility index (Phi) is 3.96. The molecule has 4 heteroatoms. The quantitative estimate of drug-likeness (QED) is 0.926. The van der Waals surface area contributed by atoms with Crippen molar-refractivity contribution >= 4 is 11.6 Å². The van der Waals surface area contributed by atoms with Gasteiger partial charge in [-0.1, -0.05) is 11.6 Å². The molecule has 0 radical (unpaired) electrons. The summed E-state index contributed by atoms with van der Waals surface area (Å²) in [6, 6.07) is 4.12. The first kappa shape index (κ1) is 13.2. The molecule has 2 aliphatic heterocycles. The number of ether oxygens (including phenoxy) is 2. The van der Waals surface area contributed by atoms with Gasteiger partial charge < -0.3 is 15.2 Å². The first-order valence-electron chi connectivity index (χ1n) is 7.01. The van der Waals surface area contributed by atoms with Gasteiger partial charge in [-0.3, -0.25) is 0 Å². The maximum atomic E-state index is 6.35. The lowest BCUT2D eigenvalue weighted by molar-refractivity contribution is 0.0449. The highest BCUT2D eigenvalue weighted by atomic mass is 35.5. The second-order valence-corrected chi connectivity index (χ2v) is 5.93. The molecule has 104 valence electrons. The van der Waals surface area contributed by atoms with Gasteiger partial charge >= 0.3 is 0 Å². The van der Waals surface area contributed by atoms with Gasteiger partial charge in [0.25, 0.3) is 0 Å². The average Bonchev–Trinajstić information content (AvgIpc) is 2.88. The van der Waals surface area contributed by atoms with Crippen LogP contribution < -0.4 is 10.5 Å². The summed E-state index contributed by atoms with van der Waals surface area (Å²) in [5.41, 5.74) is 8.71. The Hall–Kier alpha value is -0.770. The van der Waals surface area contributed by atoms with Crippen LogP contribution in [0.5, 0.6) is 5.75 Å². The molecular formula is C15H20ClNO2. The van der Waals surface area contributed by atoms with Crippen LogP contribution in [0.3, 0.4) is 0 Å². The first-order chi connectivity index (χ1) is 9.24. The minimum Gasteiger partial charge on any atom is -0.493 e. The molecule has 1 saturated heterocycles. The van der Waals surface area contributed by atoms with Crippen LogP contribution in [0.4, 0.5) is 0 Å². The molecule has 3 nitrogen and oxygen atoms in total. The van der Waals surface area contributed by atoms with Crippen molar-refractivity contribution in [2.45, 2.75) is 31.7 Å². The van der Waals surface area contributed by atoms with Crippen LogP contribution in [0.15, 0.2) is 12.1 Å². The Morgan fingerprint density at radius 2 is 2.26 bits per heavy atom. The molecule has 0 spiro atoms. The number of hydrogen-bond donors (Lipinski definition) is 1. The lowest BCUT2D eigenvalue weighted by Crippen LogP contribution is -2.37. The molecule has 3 rings (SSSR count). The third kappa shape index (κ3) is 2.88. The van der Waals surface area contributed by atoms with Crippen LogP contribution >= 0.6 is 11.6 Å². The molecule has 0 saturated carbocycles. The van der Waals surface area contributed by atoms with Crippen LogP contribution in [0, 0.1) is 5.92 Å². The van der Waals surface area contributed by atoms with Crippen LogP contribution in [-0.2, 0) is 17.6 Å². The zero-order valence-electron chi connectivity index (χ0n) is 11.0. The third-order valence-electron chi connectivity index (χ3n) is 4.08. The molecule has 2 atom stereocenters. The molecule has 2 N–H and O–H groups in total. The molecule has 0 amide bonds.